The van der Waals surface area contributed by atoms with Crippen molar-refractivity contribution in [3.8, 4) is 39.7 Å². The average molecular weight is 445 g/mol. The zero-order chi connectivity index (χ0) is 22.8. The Labute approximate surface area is 185 Å². The van der Waals surface area contributed by atoms with Gasteiger partial charge in [-0.15, -0.1) is 5.10 Å². The van der Waals surface area contributed by atoms with Crippen molar-refractivity contribution < 1.29 is 13.2 Å². The van der Waals surface area contributed by atoms with Crippen LogP contribution in [-0.2, 0) is 6.18 Å². The molecule has 2 aromatic carbocycles. The minimum absolute atomic E-state index is 0.259. The van der Waals surface area contributed by atoms with E-state index in [1.165, 1.54) is 16.9 Å². The van der Waals surface area contributed by atoms with Crippen LogP contribution in [0, 0.1) is 0 Å². The first-order chi connectivity index (χ1) is 16.0. The zero-order valence-electron chi connectivity index (χ0n) is 16.8. The van der Waals surface area contributed by atoms with Crippen molar-refractivity contribution >= 4 is 0 Å². The average Bonchev–Trinajstić information content (AvgIpc) is 3.34. The molecule has 162 valence electrons. The van der Waals surface area contributed by atoms with Gasteiger partial charge in [0.1, 0.15) is 0 Å². The standard InChI is InChI=1S/C23H14F3N7/c24-23(25,26)17-8-4-6-15(12-17)20-19(14-28-21(29-20)16-7-5-11-27-13-16)22-30-31-32-33(22)18-9-2-1-3-10-18/h1-14H. The molecule has 0 unspecified atom stereocenters. The summed E-state index contributed by atoms with van der Waals surface area (Å²) >= 11 is 0. The summed E-state index contributed by atoms with van der Waals surface area (Å²) in [7, 11) is 0. The van der Waals surface area contributed by atoms with Gasteiger partial charge in [0.05, 0.1) is 22.5 Å². The summed E-state index contributed by atoms with van der Waals surface area (Å²) < 4.78 is 41.7. The molecule has 0 amide bonds. The van der Waals surface area contributed by atoms with Gasteiger partial charge in [0.25, 0.3) is 0 Å². The van der Waals surface area contributed by atoms with Crippen LogP contribution in [0.15, 0.2) is 85.3 Å². The molecule has 0 aliphatic heterocycles. The fourth-order valence-corrected chi connectivity index (χ4v) is 3.34. The molecule has 5 aromatic rings. The van der Waals surface area contributed by atoms with Gasteiger partial charge >= 0.3 is 6.18 Å². The van der Waals surface area contributed by atoms with Crippen molar-refractivity contribution in [2.75, 3.05) is 0 Å². The molecule has 0 saturated heterocycles. The van der Waals surface area contributed by atoms with Crippen molar-refractivity contribution in [2.24, 2.45) is 0 Å². The third kappa shape index (κ3) is 4.05. The lowest BCUT2D eigenvalue weighted by atomic mass is 10.0. The summed E-state index contributed by atoms with van der Waals surface area (Å²) in [4.78, 5) is 13.1. The van der Waals surface area contributed by atoms with E-state index in [4.69, 9.17) is 0 Å². The van der Waals surface area contributed by atoms with Crippen LogP contribution in [0.2, 0.25) is 0 Å². The van der Waals surface area contributed by atoms with E-state index < -0.39 is 11.7 Å². The maximum absolute atomic E-state index is 13.4. The molecular weight excluding hydrogens is 431 g/mol. The van der Waals surface area contributed by atoms with Crippen LogP contribution < -0.4 is 0 Å². The highest BCUT2D eigenvalue weighted by molar-refractivity contribution is 5.79. The monoisotopic (exact) mass is 445 g/mol. The Morgan fingerprint density at radius 1 is 0.818 bits per heavy atom. The number of para-hydroxylation sites is 1. The number of halogens is 3. The predicted octanol–water partition coefficient (Wildman–Crippen LogP) is 4.87. The minimum atomic E-state index is -4.50. The number of nitrogens with zero attached hydrogens (tertiary/aromatic N) is 7. The molecule has 0 aliphatic carbocycles. The van der Waals surface area contributed by atoms with Gasteiger partial charge < -0.3 is 0 Å². The number of hydrogen-bond acceptors (Lipinski definition) is 6. The molecule has 0 atom stereocenters. The Morgan fingerprint density at radius 2 is 1.64 bits per heavy atom. The fraction of sp³-hybridized carbons (Fsp3) is 0.0435. The highest BCUT2D eigenvalue weighted by Crippen LogP contribution is 2.35. The molecule has 5 rings (SSSR count). The lowest BCUT2D eigenvalue weighted by Gasteiger charge is -2.13. The van der Waals surface area contributed by atoms with E-state index in [2.05, 4.69) is 30.5 Å². The molecule has 33 heavy (non-hydrogen) atoms. The first-order valence-electron chi connectivity index (χ1n) is 9.80. The summed E-state index contributed by atoms with van der Waals surface area (Å²) in [5.41, 5.74) is 1.44. The number of aromatic nitrogens is 7. The first kappa shape index (κ1) is 20.4. The third-order valence-corrected chi connectivity index (χ3v) is 4.88. The summed E-state index contributed by atoms with van der Waals surface area (Å²) in [6.45, 7) is 0. The summed E-state index contributed by atoms with van der Waals surface area (Å²) in [5.74, 6) is 0.615. The molecule has 0 radical (unpaired) electrons. The molecule has 0 bridgehead atoms. The maximum atomic E-state index is 13.4. The van der Waals surface area contributed by atoms with E-state index in [0.717, 1.165) is 12.1 Å². The van der Waals surface area contributed by atoms with Gasteiger partial charge in [-0.2, -0.15) is 17.9 Å². The van der Waals surface area contributed by atoms with Gasteiger partial charge in [-0.3, -0.25) is 4.98 Å². The van der Waals surface area contributed by atoms with Crippen LogP contribution in [0.25, 0.3) is 39.7 Å². The minimum Gasteiger partial charge on any atom is -0.264 e. The van der Waals surface area contributed by atoms with E-state index in [1.807, 2.05) is 30.3 Å². The van der Waals surface area contributed by atoms with Crippen molar-refractivity contribution in [1.29, 1.82) is 0 Å². The normalized spacial score (nSPS) is 11.5. The Morgan fingerprint density at radius 3 is 2.39 bits per heavy atom. The number of tetrazole rings is 1. The van der Waals surface area contributed by atoms with Gasteiger partial charge in [0.15, 0.2) is 11.6 Å². The topological polar surface area (TPSA) is 82.3 Å². The first-order valence-corrected chi connectivity index (χ1v) is 9.80. The quantitative estimate of drug-likeness (QED) is 0.393. The number of alkyl halides is 3. The SMILES string of the molecule is FC(F)(F)c1cccc(-c2nc(-c3cccnc3)ncc2-c2nnnn2-c2ccccc2)c1. The summed E-state index contributed by atoms with van der Waals surface area (Å²) in [6, 6.07) is 17.6. The molecule has 0 aliphatic rings. The molecule has 0 saturated carbocycles. The molecule has 10 heteroatoms. The Balaban J connectivity index is 1.73. The largest absolute Gasteiger partial charge is 0.416 e. The zero-order valence-corrected chi connectivity index (χ0v) is 16.8. The fourth-order valence-electron chi connectivity index (χ4n) is 3.34. The molecule has 0 fully saturated rings. The van der Waals surface area contributed by atoms with Crippen molar-refractivity contribution in [1.82, 2.24) is 35.2 Å². The molecule has 7 nitrogen and oxygen atoms in total. The molecule has 0 spiro atoms. The van der Waals surface area contributed by atoms with Crippen molar-refractivity contribution in [3.63, 3.8) is 0 Å². The summed E-state index contributed by atoms with van der Waals surface area (Å²) in [6.07, 6.45) is 0.204. The van der Waals surface area contributed by atoms with Crippen LogP contribution >= 0.6 is 0 Å². The van der Waals surface area contributed by atoms with Gasteiger partial charge in [0.2, 0.25) is 0 Å². The second-order valence-corrected chi connectivity index (χ2v) is 7.03. The maximum Gasteiger partial charge on any atom is 0.416 e. The summed E-state index contributed by atoms with van der Waals surface area (Å²) in [5, 5.41) is 11.9. The lowest BCUT2D eigenvalue weighted by molar-refractivity contribution is -0.137. The van der Waals surface area contributed by atoms with Crippen LogP contribution in [0.1, 0.15) is 5.56 Å². The number of hydrogen-bond donors (Lipinski definition) is 0. The Hall–Kier alpha value is -4.47. The van der Waals surface area contributed by atoms with E-state index in [-0.39, 0.29) is 11.3 Å². The van der Waals surface area contributed by atoms with E-state index in [9.17, 15) is 13.2 Å². The Bertz CT molecular complexity index is 1400. The van der Waals surface area contributed by atoms with Crippen LogP contribution in [0.5, 0.6) is 0 Å². The highest BCUT2D eigenvalue weighted by atomic mass is 19.4. The number of rotatable bonds is 4. The molecular formula is C23H14F3N7. The van der Waals surface area contributed by atoms with Gasteiger partial charge in [-0.05, 0) is 46.8 Å². The smallest absolute Gasteiger partial charge is 0.264 e. The molecule has 3 heterocycles. The van der Waals surface area contributed by atoms with Crippen LogP contribution in [-0.4, -0.2) is 35.2 Å². The second-order valence-electron chi connectivity index (χ2n) is 7.03. The van der Waals surface area contributed by atoms with Crippen LogP contribution in [0.3, 0.4) is 0 Å². The van der Waals surface area contributed by atoms with E-state index >= 15 is 0 Å². The van der Waals surface area contributed by atoms with Gasteiger partial charge in [-0.25, -0.2) is 9.97 Å². The second kappa shape index (κ2) is 8.23. The highest BCUT2D eigenvalue weighted by Gasteiger charge is 2.31. The molecule has 0 N–H and O–H groups in total. The van der Waals surface area contributed by atoms with E-state index in [0.29, 0.717) is 28.5 Å². The third-order valence-electron chi connectivity index (χ3n) is 4.88. The van der Waals surface area contributed by atoms with Gasteiger partial charge in [-0.1, -0.05) is 30.3 Å². The van der Waals surface area contributed by atoms with Crippen molar-refractivity contribution in [2.45, 2.75) is 6.18 Å². The molecule has 3 aromatic heterocycles. The number of benzene rings is 2. The number of pyridine rings is 1. The predicted molar refractivity (Wildman–Crippen MR) is 114 cm³/mol. The van der Waals surface area contributed by atoms with Gasteiger partial charge in [0, 0.05) is 29.7 Å². The van der Waals surface area contributed by atoms with Crippen molar-refractivity contribution in [3.05, 3.63) is 90.9 Å². The Kier molecular flexibility index (Phi) is 5.09. The lowest BCUT2D eigenvalue weighted by Crippen LogP contribution is -2.06. The van der Waals surface area contributed by atoms with E-state index in [1.54, 1.807) is 30.6 Å². The van der Waals surface area contributed by atoms with Crippen LogP contribution in [0.4, 0.5) is 13.2 Å².